The molecule has 1 fully saturated rings. The molecular formula is C25H22ClFN6O2. The second-order valence-electron chi connectivity index (χ2n) is 8.56. The van der Waals surface area contributed by atoms with Crippen molar-refractivity contribution in [1.29, 1.82) is 0 Å². The van der Waals surface area contributed by atoms with Crippen molar-refractivity contribution in [2.75, 3.05) is 36.6 Å². The molecule has 0 bridgehead atoms. The number of anilines is 2. The molecule has 0 amide bonds. The van der Waals surface area contributed by atoms with Gasteiger partial charge in [-0.25, -0.2) is 19.3 Å². The second kappa shape index (κ2) is 8.90. The summed E-state index contributed by atoms with van der Waals surface area (Å²) in [7, 11) is 0. The van der Waals surface area contributed by atoms with Gasteiger partial charge in [0.2, 0.25) is 0 Å². The third kappa shape index (κ3) is 4.11. The fourth-order valence-corrected chi connectivity index (χ4v) is 4.69. The Balaban J connectivity index is 1.41. The van der Waals surface area contributed by atoms with E-state index in [-0.39, 0.29) is 12.1 Å². The molecule has 6 rings (SSSR count). The number of aromatic nitrogens is 4. The Kier molecular flexibility index (Phi) is 5.58. The molecule has 2 atom stereocenters. The van der Waals surface area contributed by atoms with Crippen LogP contribution in [0.4, 0.5) is 15.9 Å². The molecule has 1 N–H and O–H groups in total. The first-order valence-corrected chi connectivity index (χ1v) is 11.8. The lowest BCUT2D eigenvalue weighted by Gasteiger charge is -2.39. The van der Waals surface area contributed by atoms with Crippen LogP contribution >= 0.6 is 11.6 Å². The van der Waals surface area contributed by atoms with E-state index in [2.05, 4.69) is 25.2 Å². The van der Waals surface area contributed by atoms with Crippen LogP contribution in [0.5, 0.6) is 5.88 Å². The summed E-state index contributed by atoms with van der Waals surface area (Å²) in [4.78, 5) is 20.6. The van der Waals surface area contributed by atoms with Crippen molar-refractivity contribution in [1.82, 2.24) is 19.9 Å². The second-order valence-corrected chi connectivity index (χ2v) is 8.95. The molecule has 0 aliphatic carbocycles. The Bertz CT molecular complexity index is 1410. The number of hydrogen-bond acceptors (Lipinski definition) is 8. The Morgan fingerprint density at radius 3 is 2.91 bits per heavy atom. The number of rotatable bonds is 4. The van der Waals surface area contributed by atoms with Gasteiger partial charge in [-0.15, -0.1) is 0 Å². The number of nitrogens with zero attached hydrogens (tertiary/aromatic N) is 5. The minimum Gasteiger partial charge on any atom is -0.473 e. The third-order valence-corrected chi connectivity index (χ3v) is 6.44. The van der Waals surface area contributed by atoms with Crippen molar-refractivity contribution in [3.8, 4) is 17.3 Å². The van der Waals surface area contributed by atoms with Crippen LogP contribution in [0.25, 0.3) is 22.4 Å². The van der Waals surface area contributed by atoms with Crippen LogP contribution < -0.4 is 15.0 Å². The zero-order chi connectivity index (χ0) is 23.9. The Labute approximate surface area is 206 Å². The molecule has 178 valence electrons. The highest BCUT2D eigenvalue weighted by molar-refractivity contribution is 6.29. The molecule has 8 nitrogen and oxygen atoms in total. The summed E-state index contributed by atoms with van der Waals surface area (Å²) >= 11 is 6.18. The van der Waals surface area contributed by atoms with Crippen LogP contribution in [-0.2, 0) is 4.74 Å². The van der Waals surface area contributed by atoms with Gasteiger partial charge in [-0.3, -0.25) is 4.98 Å². The topological polar surface area (TPSA) is 85.3 Å². The number of pyridine rings is 2. The maximum atomic E-state index is 14.7. The molecule has 4 aromatic rings. The van der Waals surface area contributed by atoms with Gasteiger partial charge in [-0.05, 0) is 37.3 Å². The zero-order valence-corrected chi connectivity index (χ0v) is 19.7. The van der Waals surface area contributed by atoms with E-state index in [1.165, 1.54) is 12.1 Å². The number of hydrogen-bond donors (Lipinski definition) is 1. The molecule has 3 aromatic heterocycles. The summed E-state index contributed by atoms with van der Waals surface area (Å²) in [5, 5.41) is 3.81. The molecule has 0 spiro atoms. The summed E-state index contributed by atoms with van der Waals surface area (Å²) in [6.45, 7) is 4.31. The lowest BCUT2D eigenvalue weighted by molar-refractivity contribution is 0.0686. The molecule has 35 heavy (non-hydrogen) atoms. The minimum atomic E-state index is -0.394. The molecular weight excluding hydrogens is 471 g/mol. The SMILES string of the molecule is C[C@@H](Nc1ccc(Cl)nc1-c1ccccn1)c1cc(F)cc2nc3c(nc12)N1CCOC[C@H]1CO3. The lowest BCUT2D eigenvalue weighted by atomic mass is 10.0. The fraction of sp³-hybridized carbons (Fsp3) is 0.280. The van der Waals surface area contributed by atoms with E-state index in [9.17, 15) is 4.39 Å². The number of benzene rings is 1. The van der Waals surface area contributed by atoms with Crippen molar-refractivity contribution in [2.24, 2.45) is 0 Å². The van der Waals surface area contributed by atoms with E-state index in [1.807, 2.05) is 31.2 Å². The summed E-state index contributed by atoms with van der Waals surface area (Å²) in [5.74, 6) is 0.696. The highest BCUT2D eigenvalue weighted by atomic mass is 35.5. The van der Waals surface area contributed by atoms with E-state index in [4.69, 9.17) is 26.1 Å². The first kappa shape index (κ1) is 21.9. The van der Waals surface area contributed by atoms with Gasteiger partial charge in [-0.1, -0.05) is 17.7 Å². The van der Waals surface area contributed by atoms with Crippen LogP contribution in [0.15, 0.2) is 48.7 Å². The highest BCUT2D eigenvalue weighted by Gasteiger charge is 2.33. The molecule has 5 heterocycles. The summed E-state index contributed by atoms with van der Waals surface area (Å²) in [5.41, 5.74) is 3.74. The maximum Gasteiger partial charge on any atom is 0.258 e. The standard InChI is InChI=1S/C25H22ClFN6O2/c1-14(29-19-5-6-21(26)31-23(19)18-4-2-3-7-28-18)17-10-15(27)11-20-22(17)32-24-25(30-20)35-13-16-12-34-9-8-33(16)24/h2-7,10-11,14,16,29H,8-9,12-13H2,1H3/t14-,16+/m1/s1. The monoisotopic (exact) mass is 492 g/mol. The van der Waals surface area contributed by atoms with Gasteiger partial charge >= 0.3 is 0 Å². The van der Waals surface area contributed by atoms with E-state index in [0.29, 0.717) is 71.2 Å². The average molecular weight is 493 g/mol. The van der Waals surface area contributed by atoms with Crippen molar-refractivity contribution < 1.29 is 13.9 Å². The number of morpholine rings is 1. The predicted molar refractivity (Wildman–Crippen MR) is 131 cm³/mol. The number of halogens is 2. The molecule has 0 unspecified atom stereocenters. The van der Waals surface area contributed by atoms with Gasteiger partial charge in [0, 0.05) is 24.4 Å². The first-order valence-electron chi connectivity index (χ1n) is 11.4. The smallest absolute Gasteiger partial charge is 0.258 e. The summed E-state index contributed by atoms with van der Waals surface area (Å²) in [6, 6.07) is 11.8. The van der Waals surface area contributed by atoms with Gasteiger partial charge in [-0.2, -0.15) is 0 Å². The highest BCUT2D eigenvalue weighted by Crippen LogP contribution is 2.37. The Morgan fingerprint density at radius 1 is 1.14 bits per heavy atom. The summed E-state index contributed by atoms with van der Waals surface area (Å²) in [6.07, 6.45) is 1.70. The molecule has 0 radical (unpaired) electrons. The number of nitrogens with one attached hydrogen (secondary N) is 1. The maximum absolute atomic E-state index is 14.7. The van der Waals surface area contributed by atoms with Gasteiger partial charge in [0.25, 0.3) is 5.88 Å². The van der Waals surface area contributed by atoms with Gasteiger partial charge in [0.1, 0.15) is 23.3 Å². The molecule has 10 heteroatoms. The van der Waals surface area contributed by atoms with Crippen LogP contribution in [-0.4, -0.2) is 52.3 Å². The van der Waals surface area contributed by atoms with Crippen LogP contribution in [0.3, 0.4) is 0 Å². The molecule has 2 aliphatic rings. The lowest BCUT2D eigenvalue weighted by Crippen LogP contribution is -2.51. The van der Waals surface area contributed by atoms with Gasteiger partial charge in [0.05, 0.1) is 47.7 Å². The van der Waals surface area contributed by atoms with Crippen LogP contribution in [0.1, 0.15) is 18.5 Å². The van der Waals surface area contributed by atoms with E-state index >= 15 is 0 Å². The fourth-order valence-electron chi connectivity index (χ4n) is 4.55. The van der Waals surface area contributed by atoms with Crippen molar-refractivity contribution in [3.05, 3.63) is 65.2 Å². The molecule has 1 aromatic carbocycles. The van der Waals surface area contributed by atoms with Crippen LogP contribution in [0, 0.1) is 5.82 Å². The minimum absolute atomic E-state index is 0.0866. The van der Waals surface area contributed by atoms with E-state index in [1.54, 1.807) is 12.3 Å². The Morgan fingerprint density at radius 2 is 2.06 bits per heavy atom. The van der Waals surface area contributed by atoms with Gasteiger partial charge < -0.3 is 19.7 Å². The first-order chi connectivity index (χ1) is 17.1. The summed E-state index contributed by atoms with van der Waals surface area (Å²) < 4.78 is 26.1. The van der Waals surface area contributed by atoms with Crippen molar-refractivity contribution in [3.63, 3.8) is 0 Å². The van der Waals surface area contributed by atoms with E-state index < -0.39 is 5.82 Å². The zero-order valence-electron chi connectivity index (χ0n) is 18.9. The number of ether oxygens (including phenoxy) is 2. The van der Waals surface area contributed by atoms with Crippen LogP contribution in [0.2, 0.25) is 5.15 Å². The predicted octanol–water partition coefficient (Wildman–Crippen LogP) is 4.65. The van der Waals surface area contributed by atoms with Crippen molar-refractivity contribution >= 4 is 34.1 Å². The molecule has 0 saturated carbocycles. The molecule has 2 aliphatic heterocycles. The van der Waals surface area contributed by atoms with Crippen molar-refractivity contribution in [2.45, 2.75) is 19.0 Å². The van der Waals surface area contributed by atoms with E-state index in [0.717, 1.165) is 5.69 Å². The quantitative estimate of drug-likeness (QED) is 0.412. The molecule has 1 saturated heterocycles. The Hall–Kier alpha value is -3.56. The largest absolute Gasteiger partial charge is 0.473 e. The average Bonchev–Trinajstić information content (AvgIpc) is 2.88. The normalized spacial score (nSPS) is 17.9. The number of fused-ring (bicyclic) bond motifs is 4. The third-order valence-electron chi connectivity index (χ3n) is 6.23. The van der Waals surface area contributed by atoms with Gasteiger partial charge in [0.15, 0.2) is 5.82 Å².